The van der Waals surface area contributed by atoms with Gasteiger partial charge in [0.25, 0.3) is 0 Å². The van der Waals surface area contributed by atoms with E-state index in [9.17, 15) is 4.39 Å². The zero-order valence-electron chi connectivity index (χ0n) is 13.7. The number of rotatable bonds is 6. The van der Waals surface area contributed by atoms with E-state index in [1.807, 2.05) is 13.0 Å². The molecule has 0 aromatic heterocycles. The van der Waals surface area contributed by atoms with E-state index in [0.717, 1.165) is 37.7 Å². The fourth-order valence-corrected chi connectivity index (χ4v) is 3.34. The van der Waals surface area contributed by atoms with Crippen molar-refractivity contribution in [1.82, 2.24) is 10.2 Å². The van der Waals surface area contributed by atoms with Crippen LogP contribution in [0, 0.1) is 18.7 Å². The van der Waals surface area contributed by atoms with E-state index in [-0.39, 0.29) is 5.82 Å². The standard InChI is InChI=1S/C18H29FN2/c1-4-9-20-18-8-10-21(12-15(18)5-2)13-16-6-7-17(19)11-14(16)3/h6-7,11,15,18,20H,4-5,8-10,12-13H2,1-3H3. The van der Waals surface area contributed by atoms with Crippen molar-refractivity contribution in [3.05, 3.63) is 35.1 Å². The third-order valence-electron chi connectivity index (χ3n) is 4.70. The fraction of sp³-hybridized carbons (Fsp3) is 0.667. The summed E-state index contributed by atoms with van der Waals surface area (Å²) in [4.78, 5) is 2.53. The summed E-state index contributed by atoms with van der Waals surface area (Å²) in [5, 5.41) is 3.70. The van der Waals surface area contributed by atoms with Crippen LogP contribution in [0.1, 0.15) is 44.2 Å². The Labute approximate surface area is 128 Å². The van der Waals surface area contributed by atoms with Crippen LogP contribution in [-0.4, -0.2) is 30.6 Å². The van der Waals surface area contributed by atoms with Gasteiger partial charge < -0.3 is 5.32 Å². The van der Waals surface area contributed by atoms with Crippen molar-refractivity contribution in [2.24, 2.45) is 5.92 Å². The number of piperidine rings is 1. The van der Waals surface area contributed by atoms with E-state index in [0.29, 0.717) is 6.04 Å². The molecule has 0 saturated carbocycles. The Bertz CT molecular complexity index is 447. The summed E-state index contributed by atoms with van der Waals surface area (Å²) in [6, 6.07) is 5.82. The lowest BCUT2D eigenvalue weighted by Gasteiger charge is -2.39. The second-order valence-corrected chi connectivity index (χ2v) is 6.32. The fourth-order valence-electron chi connectivity index (χ4n) is 3.34. The predicted octanol–water partition coefficient (Wildman–Crippen LogP) is 3.73. The Balaban J connectivity index is 1.94. The van der Waals surface area contributed by atoms with Gasteiger partial charge in [0.05, 0.1) is 0 Å². The Kier molecular flexibility index (Phi) is 6.19. The SMILES string of the molecule is CCCNC1CCN(Cc2ccc(F)cc2C)CC1CC. The van der Waals surface area contributed by atoms with Crippen molar-refractivity contribution in [3.63, 3.8) is 0 Å². The van der Waals surface area contributed by atoms with Gasteiger partial charge in [0, 0.05) is 19.1 Å². The number of nitrogens with one attached hydrogen (secondary N) is 1. The highest BCUT2D eigenvalue weighted by Gasteiger charge is 2.27. The van der Waals surface area contributed by atoms with Gasteiger partial charge in [-0.1, -0.05) is 26.3 Å². The van der Waals surface area contributed by atoms with Crippen LogP contribution >= 0.6 is 0 Å². The highest BCUT2D eigenvalue weighted by Crippen LogP contribution is 2.23. The third kappa shape index (κ3) is 4.52. The van der Waals surface area contributed by atoms with Gasteiger partial charge in [0.2, 0.25) is 0 Å². The van der Waals surface area contributed by atoms with E-state index in [1.165, 1.54) is 24.8 Å². The number of hydrogen-bond donors (Lipinski definition) is 1. The van der Waals surface area contributed by atoms with Gasteiger partial charge in [-0.05, 0) is 62.0 Å². The van der Waals surface area contributed by atoms with Crippen LogP contribution in [0.15, 0.2) is 18.2 Å². The summed E-state index contributed by atoms with van der Waals surface area (Å²) in [6.45, 7) is 10.9. The Morgan fingerprint density at radius 2 is 2.14 bits per heavy atom. The lowest BCUT2D eigenvalue weighted by molar-refractivity contribution is 0.128. The molecule has 1 aromatic carbocycles. The molecule has 0 radical (unpaired) electrons. The molecule has 21 heavy (non-hydrogen) atoms. The molecule has 1 fully saturated rings. The molecule has 1 N–H and O–H groups in total. The minimum Gasteiger partial charge on any atom is -0.314 e. The summed E-state index contributed by atoms with van der Waals surface area (Å²) in [7, 11) is 0. The Morgan fingerprint density at radius 1 is 1.33 bits per heavy atom. The average molecular weight is 292 g/mol. The lowest BCUT2D eigenvalue weighted by atomic mass is 9.89. The van der Waals surface area contributed by atoms with Crippen molar-refractivity contribution in [1.29, 1.82) is 0 Å². The molecule has 0 aliphatic carbocycles. The summed E-state index contributed by atoms with van der Waals surface area (Å²) >= 11 is 0. The highest BCUT2D eigenvalue weighted by molar-refractivity contribution is 5.26. The molecule has 1 aromatic rings. The molecule has 3 heteroatoms. The second-order valence-electron chi connectivity index (χ2n) is 6.32. The van der Waals surface area contributed by atoms with E-state index in [2.05, 4.69) is 24.1 Å². The van der Waals surface area contributed by atoms with Gasteiger partial charge in [-0.3, -0.25) is 4.90 Å². The van der Waals surface area contributed by atoms with Gasteiger partial charge in [-0.25, -0.2) is 4.39 Å². The number of benzene rings is 1. The minimum absolute atomic E-state index is 0.134. The highest BCUT2D eigenvalue weighted by atomic mass is 19.1. The summed E-state index contributed by atoms with van der Waals surface area (Å²) < 4.78 is 13.2. The van der Waals surface area contributed by atoms with Gasteiger partial charge >= 0.3 is 0 Å². The number of aryl methyl sites for hydroxylation is 1. The van der Waals surface area contributed by atoms with Crippen LogP contribution < -0.4 is 5.32 Å². The molecule has 1 heterocycles. The Morgan fingerprint density at radius 3 is 2.81 bits per heavy atom. The van der Waals surface area contributed by atoms with Gasteiger partial charge in [-0.15, -0.1) is 0 Å². The van der Waals surface area contributed by atoms with E-state index >= 15 is 0 Å². The van der Waals surface area contributed by atoms with Crippen molar-refractivity contribution in [2.75, 3.05) is 19.6 Å². The first-order valence-corrected chi connectivity index (χ1v) is 8.34. The van der Waals surface area contributed by atoms with Crippen LogP contribution in [-0.2, 0) is 6.54 Å². The number of hydrogen-bond acceptors (Lipinski definition) is 2. The van der Waals surface area contributed by atoms with Gasteiger partial charge in [0.1, 0.15) is 5.82 Å². The quantitative estimate of drug-likeness (QED) is 0.859. The monoisotopic (exact) mass is 292 g/mol. The number of likely N-dealkylation sites (tertiary alicyclic amines) is 1. The zero-order chi connectivity index (χ0) is 15.2. The maximum atomic E-state index is 13.2. The molecule has 1 aliphatic heterocycles. The van der Waals surface area contributed by atoms with Crippen molar-refractivity contribution in [3.8, 4) is 0 Å². The molecule has 2 rings (SSSR count). The van der Waals surface area contributed by atoms with Gasteiger partial charge in [-0.2, -0.15) is 0 Å². The smallest absolute Gasteiger partial charge is 0.123 e. The van der Waals surface area contributed by atoms with E-state index < -0.39 is 0 Å². The topological polar surface area (TPSA) is 15.3 Å². The molecule has 2 nitrogen and oxygen atoms in total. The zero-order valence-corrected chi connectivity index (χ0v) is 13.7. The molecule has 1 saturated heterocycles. The summed E-state index contributed by atoms with van der Waals surface area (Å²) in [5.74, 6) is 0.594. The normalized spacial score (nSPS) is 23.4. The summed E-state index contributed by atoms with van der Waals surface area (Å²) in [6.07, 6.45) is 3.64. The first-order chi connectivity index (χ1) is 10.1. The van der Waals surface area contributed by atoms with E-state index in [1.54, 1.807) is 12.1 Å². The van der Waals surface area contributed by atoms with Gasteiger partial charge in [0.15, 0.2) is 0 Å². The van der Waals surface area contributed by atoms with Crippen molar-refractivity contribution in [2.45, 2.75) is 52.6 Å². The second kappa shape index (κ2) is 7.90. The molecule has 118 valence electrons. The maximum absolute atomic E-state index is 13.2. The number of halogens is 1. The van der Waals surface area contributed by atoms with Crippen LogP contribution in [0.5, 0.6) is 0 Å². The minimum atomic E-state index is -0.134. The van der Waals surface area contributed by atoms with Crippen LogP contribution in [0.25, 0.3) is 0 Å². The number of nitrogens with zero attached hydrogens (tertiary/aromatic N) is 1. The molecule has 2 unspecified atom stereocenters. The molecular formula is C18H29FN2. The molecule has 2 atom stereocenters. The van der Waals surface area contributed by atoms with Crippen molar-refractivity contribution >= 4 is 0 Å². The predicted molar refractivity (Wildman–Crippen MR) is 86.9 cm³/mol. The molecule has 1 aliphatic rings. The van der Waals surface area contributed by atoms with E-state index in [4.69, 9.17) is 0 Å². The maximum Gasteiger partial charge on any atom is 0.123 e. The van der Waals surface area contributed by atoms with Crippen LogP contribution in [0.2, 0.25) is 0 Å². The Hall–Kier alpha value is -0.930. The average Bonchev–Trinajstić information content (AvgIpc) is 2.48. The van der Waals surface area contributed by atoms with Crippen LogP contribution in [0.3, 0.4) is 0 Å². The molecule has 0 amide bonds. The molecule has 0 bridgehead atoms. The first-order valence-electron chi connectivity index (χ1n) is 8.34. The lowest BCUT2D eigenvalue weighted by Crippen LogP contribution is -2.49. The third-order valence-corrected chi connectivity index (χ3v) is 4.70. The van der Waals surface area contributed by atoms with Crippen molar-refractivity contribution < 1.29 is 4.39 Å². The first kappa shape index (κ1) is 16.4. The molecule has 0 spiro atoms. The largest absolute Gasteiger partial charge is 0.314 e. The molecular weight excluding hydrogens is 263 g/mol. The van der Waals surface area contributed by atoms with Crippen LogP contribution in [0.4, 0.5) is 4.39 Å². The summed E-state index contributed by atoms with van der Waals surface area (Å²) in [5.41, 5.74) is 2.32.